The van der Waals surface area contributed by atoms with Gasteiger partial charge in [0.15, 0.2) is 5.01 Å². The Morgan fingerprint density at radius 3 is 2.75 bits per heavy atom. The monoisotopic (exact) mass is 253 g/mol. The van der Waals surface area contributed by atoms with Gasteiger partial charge < -0.3 is 4.74 Å². The molecular formula is C9H10F3NO2S. The largest absolute Gasteiger partial charge is 0.466 e. The maximum absolute atomic E-state index is 12.2. The molecule has 0 saturated carbocycles. The first-order chi connectivity index (χ1) is 7.43. The number of rotatable bonds is 4. The maximum Gasteiger partial charge on any atom is 0.443 e. The van der Waals surface area contributed by atoms with Gasteiger partial charge in [0.1, 0.15) is 0 Å². The zero-order valence-corrected chi connectivity index (χ0v) is 9.32. The smallest absolute Gasteiger partial charge is 0.443 e. The minimum absolute atomic E-state index is 0.0505. The third-order valence-corrected chi connectivity index (χ3v) is 2.62. The summed E-state index contributed by atoms with van der Waals surface area (Å²) in [6.07, 6.45) is -4.19. The minimum Gasteiger partial charge on any atom is -0.466 e. The second-order valence-electron chi connectivity index (χ2n) is 2.95. The van der Waals surface area contributed by atoms with E-state index < -0.39 is 17.2 Å². The highest BCUT2D eigenvalue weighted by atomic mass is 32.1. The molecule has 0 unspecified atom stereocenters. The summed E-state index contributed by atoms with van der Waals surface area (Å²) in [4.78, 5) is 14.4. The van der Waals surface area contributed by atoms with Gasteiger partial charge in [-0.3, -0.25) is 4.79 Å². The Bertz CT molecular complexity index is 362. The van der Waals surface area contributed by atoms with Crippen LogP contribution in [-0.4, -0.2) is 17.6 Å². The Balaban J connectivity index is 2.50. The van der Waals surface area contributed by atoms with Crippen LogP contribution in [0.15, 0.2) is 5.38 Å². The number of aromatic nitrogens is 1. The number of alkyl halides is 3. The molecule has 7 heteroatoms. The molecule has 0 N–H and O–H groups in total. The van der Waals surface area contributed by atoms with E-state index in [4.69, 9.17) is 0 Å². The van der Waals surface area contributed by atoms with Crippen LogP contribution in [0.25, 0.3) is 0 Å². The van der Waals surface area contributed by atoms with Crippen LogP contribution >= 0.6 is 11.3 Å². The van der Waals surface area contributed by atoms with Crippen molar-refractivity contribution in [2.75, 3.05) is 6.61 Å². The van der Waals surface area contributed by atoms with Crippen molar-refractivity contribution in [2.24, 2.45) is 0 Å². The van der Waals surface area contributed by atoms with Gasteiger partial charge in [-0.15, -0.1) is 11.3 Å². The molecule has 1 heterocycles. The van der Waals surface area contributed by atoms with Crippen LogP contribution in [0, 0.1) is 0 Å². The van der Waals surface area contributed by atoms with Gasteiger partial charge in [-0.1, -0.05) is 0 Å². The van der Waals surface area contributed by atoms with Crippen molar-refractivity contribution in [1.29, 1.82) is 0 Å². The molecule has 1 aromatic heterocycles. The van der Waals surface area contributed by atoms with Gasteiger partial charge in [0.25, 0.3) is 0 Å². The van der Waals surface area contributed by atoms with E-state index in [0.717, 1.165) is 0 Å². The van der Waals surface area contributed by atoms with Crippen molar-refractivity contribution in [1.82, 2.24) is 4.98 Å². The highest BCUT2D eigenvalue weighted by molar-refractivity contribution is 7.09. The highest BCUT2D eigenvalue weighted by Gasteiger charge is 2.34. The number of carbonyl (C=O) groups excluding carboxylic acids is 1. The van der Waals surface area contributed by atoms with E-state index >= 15 is 0 Å². The zero-order chi connectivity index (χ0) is 12.2. The summed E-state index contributed by atoms with van der Waals surface area (Å²) in [6, 6.07) is 0. The number of hydrogen-bond donors (Lipinski definition) is 0. The van der Waals surface area contributed by atoms with Crippen LogP contribution in [0.3, 0.4) is 0 Å². The lowest BCUT2D eigenvalue weighted by Crippen LogP contribution is -2.07. The molecule has 0 radical (unpaired) electrons. The fraction of sp³-hybridized carbons (Fsp3) is 0.556. The molecule has 90 valence electrons. The fourth-order valence-electron chi connectivity index (χ4n) is 1.02. The quantitative estimate of drug-likeness (QED) is 0.774. The van der Waals surface area contributed by atoms with Crippen molar-refractivity contribution in [3.63, 3.8) is 0 Å². The summed E-state index contributed by atoms with van der Waals surface area (Å²) in [5.41, 5.74) is 0.269. The molecule has 0 amide bonds. The van der Waals surface area contributed by atoms with Gasteiger partial charge >= 0.3 is 12.1 Å². The predicted molar refractivity (Wildman–Crippen MR) is 52.1 cm³/mol. The Kier molecular flexibility index (Phi) is 4.28. The topological polar surface area (TPSA) is 39.2 Å². The number of halogens is 3. The molecule has 0 fully saturated rings. The van der Waals surface area contributed by atoms with Gasteiger partial charge in [-0.25, -0.2) is 4.98 Å². The third kappa shape index (κ3) is 3.80. The second-order valence-corrected chi connectivity index (χ2v) is 3.80. The molecule has 0 atom stereocenters. The van der Waals surface area contributed by atoms with E-state index in [1.54, 1.807) is 6.92 Å². The molecular weight excluding hydrogens is 243 g/mol. The number of nitrogens with zero attached hydrogens (tertiary/aromatic N) is 1. The van der Waals surface area contributed by atoms with Gasteiger partial charge in [-0.05, 0) is 6.92 Å². The van der Waals surface area contributed by atoms with Crippen molar-refractivity contribution in [3.05, 3.63) is 16.1 Å². The van der Waals surface area contributed by atoms with E-state index in [9.17, 15) is 18.0 Å². The Morgan fingerprint density at radius 1 is 1.56 bits per heavy atom. The average Bonchev–Trinajstić information content (AvgIpc) is 2.63. The van der Waals surface area contributed by atoms with Crippen LogP contribution < -0.4 is 0 Å². The summed E-state index contributed by atoms with van der Waals surface area (Å²) in [6.45, 7) is 1.94. The number of esters is 1. The summed E-state index contributed by atoms with van der Waals surface area (Å²) in [7, 11) is 0. The van der Waals surface area contributed by atoms with Gasteiger partial charge in [0.2, 0.25) is 0 Å². The summed E-state index contributed by atoms with van der Waals surface area (Å²) < 4.78 is 41.2. The maximum atomic E-state index is 12.2. The van der Waals surface area contributed by atoms with Crippen molar-refractivity contribution < 1.29 is 22.7 Å². The van der Waals surface area contributed by atoms with Crippen molar-refractivity contribution >= 4 is 17.3 Å². The fourth-order valence-corrected chi connectivity index (χ4v) is 1.74. The Morgan fingerprint density at radius 2 is 2.25 bits per heavy atom. The van der Waals surface area contributed by atoms with Crippen LogP contribution in [0.1, 0.15) is 24.0 Å². The lowest BCUT2D eigenvalue weighted by atomic mass is 10.2. The first-order valence-electron chi connectivity index (χ1n) is 4.60. The van der Waals surface area contributed by atoms with Crippen LogP contribution in [0.2, 0.25) is 0 Å². The molecule has 3 nitrogen and oxygen atoms in total. The molecule has 0 spiro atoms. The number of aryl methyl sites for hydroxylation is 1. The van der Waals surface area contributed by atoms with E-state index in [-0.39, 0.29) is 25.1 Å². The Labute approximate surface area is 94.3 Å². The first-order valence-corrected chi connectivity index (χ1v) is 5.48. The molecule has 0 aliphatic carbocycles. The van der Waals surface area contributed by atoms with Crippen LogP contribution in [-0.2, 0) is 22.1 Å². The minimum atomic E-state index is -4.41. The summed E-state index contributed by atoms with van der Waals surface area (Å²) in [5, 5.41) is 0.425. The number of ether oxygens (including phenoxy) is 1. The molecule has 0 aliphatic heterocycles. The summed E-state index contributed by atoms with van der Waals surface area (Å²) >= 11 is 0.533. The van der Waals surface area contributed by atoms with Gasteiger partial charge in [-0.2, -0.15) is 13.2 Å². The molecule has 0 aliphatic rings. The molecule has 0 aromatic carbocycles. The highest BCUT2D eigenvalue weighted by Crippen LogP contribution is 2.31. The van der Waals surface area contributed by atoms with E-state index in [1.165, 1.54) is 5.38 Å². The zero-order valence-electron chi connectivity index (χ0n) is 8.50. The van der Waals surface area contributed by atoms with Crippen molar-refractivity contribution in [2.45, 2.75) is 25.9 Å². The molecule has 1 aromatic rings. The molecule has 1 rings (SSSR count). The number of carbonyl (C=O) groups is 1. The lowest BCUT2D eigenvalue weighted by molar-refractivity contribution is -0.143. The van der Waals surface area contributed by atoms with Gasteiger partial charge in [0.05, 0.1) is 18.7 Å². The third-order valence-electron chi connectivity index (χ3n) is 1.68. The van der Waals surface area contributed by atoms with E-state index in [1.807, 2.05) is 0 Å². The average molecular weight is 253 g/mol. The molecule has 0 saturated heterocycles. The molecule has 16 heavy (non-hydrogen) atoms. The first kappa shape index (κ1) is 13.0. The standard InChI is InChI=1S/C9H10F3NO2S/c1-2-15-7(14)4-3-6-5-16-8(13-6)9(10,11)12/h5H,2-4H2,1H3. The molecule has 0 bridgehead atoms. The number of thiazole rings is 1. The van der Waals surface area contributed by atoms with Crippen molar-refractivity contribution in [3.8, 4) is 0 Å². The number of hydrogen-bond acceptors (Lipinski definition) is 4. The lowest BCUT2D eigenvalue weighted by Gasteiger charge is -2.00. The normalized spacial score (nSPS) is 11.5. The Hall–Kier alpha value is -1.11. The van der Waals surface area contributed by atoms with Crippen LogP contribution in [0.4, 0.5) is 13.2 Å². The SMILES string of the molecule is CCOC(=O)CCc1csc(C(F)(F)F)n1. The predicted octanol–water partition coefficient (Wildman–Crippen LogP) is 2.66. The van der Waals surface area contributed by atoms with Crippen LogP contribution in [0.5, 0.6) is 0 Å². The van der Waals surface area contributed by atoms with E-state index in [0.29, 0.717) is 11.3 Å². The van der Waals surface area contributed by atoms with E-state index in [2.05, 4.69) is 9.72 Å². The second kappa shape index (κ2) is 5.29. The summed E-state index contributed by atoms with van der Waals surface area (Å²) in [5.74, 6) is -0.427. The van der Waals surface area contributed by atoms with Gasteiger partial charge in [0, 0.05) is 11.8 Å².